The van der Waals surface area contributed by atoms with E-state index >= 15 is 0 Å². The van der Waals surface area contributed by atoms with Crippen LogP contribution in [0.15, 0.2) is 102 Å². The minimum Gasteiger partial charge on any atom is -0.496 e. The molecule has 0 spiro atoms. The van der Waals surface area contributed by atoms with Crippen LogP contribution in [0.1, 0.15) is 153 Å². The Kier molecular flexibility index (Phi) is 15.1. The van der Waals surface area contributed by atoms with Crippen molar-refractivity contribution in [2.24, 2.45) is 5.92 Å². The number of pyridine rings is 1. The van der Waals surface area contributed by atoms with Crippen molar-refractivity contribution >= 4 is 39.1 Å². The fourth-order valence-corrected chi connectivity index (χ4v) is 12.9. The minimum absolute atomic E-state index is 0.0920. The van der Waals surface area contributed by atoms with Gasteiger partial charge in [0, 0.05) is 99.7 Å². The molecule has 0 radical (unpaired) electrons. The standard InChI is InChI=1S/C60H75N7O6S/c1-7-43-33-49(36-63-58(43)62-35-41-18-23-60(5,69)24-19-41)74(70,71)64-59(68)53-17-15-47(34-56(53)73-48-30-40(4)57-45(32-48)20-25-61-57)66-26-21-46(22-27-66)67-29-28-65(38-54(67)52-11-9-8-10-50(52)39(2)3)37-42-12-16-51(44-13-14-44)55(31-42)72-6/h8-12,15-17,20,25,31-34,36,39,41,44,46,54,61,69H,4,7,13-14,18-19,21-24,26-30,35,37-38H2,1-3,5-6H3,(H,62,63)(H,64,68)/t41?,54-,60?/m0/s1. The maximum absolute atomic E-state index is 14.3. The quantitative estimate of drug-likeness (QED) is 0.0704. The topological polar surface area (TPSA) is 152 Å². The number of methoxy groups -OCH3 is 1. The first-order valence-corrected chi connectivity index (χ1v) is 28.5. The first kappa shape index (κ1) is 51.6. The predicted molar refractivity (Wildman–Crippen MR) is 294 cm³/mol. The molecule has 2 aromatic heterocycles. The molecule has 2 saturated heterocycles. The molecular formula is C60H75N7O6S. The Labute approximate surface area is 438 Å². The Morgan fingerprint density at radius 1 is 0.946 bits per heavy atom. The van der Waals surface area contributed by atoms with Crippen molar-refractivity contribution in [3.05, 3.63) is 142 Å². The van der Waals surface area contributed by atoms with Gasteiger partial charge in [-0.1, -0.05) is 63.7 Å². The molecule has 74 heavy (non-hydrogen) atoms. The molecule has 392 valence electrons. The van der Waals surface area contributed by atoms with E-state index in [2.05, 4.69) is 97.6 Å². The molecule has 3 aromatic carbocycles. The molecule has 3 aliphatic carbocycles. The molecule has 1 atom stereocenters. The summed E-state index contributed by atoms with van der Waals surface area (Å²) in [5.41, 5.74) is 9.32. The maximum atomic E-state index is 14.3. The minimum atomic E-state index is -4.33. The zero-order valence-corrected chi connectivity index (χ0v) is 44.8. The summed E-state index contributed by atoms with van der Waals surface area (Å²) < 4.78 is 42.9. The highest BCUT2D eigenvalue weighted by Crippen LogP contribution is 2.45. The third-order valence-electron chi connectivity index (χ3n) is 16.4. The van der Waals surface area contributed by atoms with E-state index < -0.39 is 21.5 Å². The monoisotopic (exact) mass is 1020 g/mol. The lowest BCUT2D eigenvalue weighted by Crippen LogP contribution is -2.54. The van der Waals surface area contributed by atoms with E-state index in [1.165, 1.54) is 41.3 Å². The van der Waals surface area contributed by atoms with Gasteiger partial charge in [0.05, 0.1) is 18.3 Å². The van der Waals surface area contributed by atoms with Crippen molar-refractivity contribution in [1.29, 1.82) is 0 Å². The molecule has 5 aromatic rings. The molecule has 10 rings (SSSR count). The van der Waals surface area contributed by atoms with Crippen LogP contribution in [-0.2, 0) is 23.0 Å². The summed E-state index contributed by atoms with van der Waals surface area (Å²) in [7, 11) is -2.54. The Bertz CT molecular complexity index is 3000. The number of amides is 1. The van der Waals surface area contributed by atoms with Gasteiger partial charge < -0.3 is 29.8 Å². The van der Waals surface area contributed by atoms with Crippen LogP contribution in [0.25, 0.3) is 11.6 Å². The molecule has 2 saturated carbocycles. The lowest BCUT2D eigenvalue weighted by molar-refractivity contribution is 0.00975. The number of piperazine rings is 1. The van der Waals surface area contributed by atoms with Crippen LogP contribution in [0.4, 0.5) is 11.5 Å². The van der Waals surface area contributed by atoms with E-state index in [4.69, 9.17) is 9.47 Å². The molecule has 2 aliphatic heterocycles. The fraction of sp³-hybridized carbons (Fsp3) is 0.467. The molecule has 0 bridgehead atoms. The first-order chi connectivity index (χ1) is 35.6. The van der Waals surface area contributed by atoms with Gasteiger partial charge in [-0.2, -0.15) is 0 Å². The zero-order chi connectivity index (χ0) is 51.7. The SMILES string of the molecule is C=C1CC(Oc2cc(N3CCC(N4CCN(Cc5ccc(C6CC6)c(OC)c5)C[C@H]4c4ccccc4C(C)C)CC3)ccc2C(=O)NS(=O)(=O)c2cnc(NCC3CCC(C)(O)CC3)c(CC)c2)=Cc2cc[nH]c21. The van der Waals surface area contributed by atoms with Gasteiger partial charge >= 0.3 is 0 Å². The van der Waals surface area contributed by atoms with Crippen molar-refractivity contribution in [1.82, 2.24) is 24.5 Å². The van der Waals surface area contributed by atoms with Crippen LogP contribution in [0.3, 0.4) is 0 Å². The van der Waals surface area contributed by atoms with Gasteiger partial charge in [0.25, 0.3) is 15.9 Å². The molecule has 4 fully saturated rings. The number of rotatable bonds is 17. The lowest BCUT2D eigenvalue weighted by Gasteiger charge is -2.48. The van der Waals surface area contributed by atoms with Gasteiger partial charge in [-0.25, -0.2) is 18.1 Å². The van der Waals surface area contributed by atoms with Crippen molar-refractivity contribution in [2.45, 2.75) is 133 Å². The number of anilines is 2. The summed E-state index contributed by atoms with van der Waals surface area (Å²) in [6.07, 6.45) is 13.8. The number of carbonyl (C=O) groups excluding carboxylic acids is 1. The number of nitrogens with one attached hydrogen (secondary N) is 3. The highest BCUT2D eigenvalue weighted by atomic mass is 32.2. The maximum Gasteiger partial charge on any atom is 0.268 e. The molecule has 4 heterocycles. The Hall–Kier alpha value is -5.93. The highest BCUT2D eigenvalue weighted by Gasteiger charge is 2.37. The number of allylic oxidation sites excluding steroid dienone is 1. The third-order valence-corrected chi connectivity index (χ3v) is 17.7. The number of benzene rings is 3. The van der Waals surface area contributed by atoms with Gasteiger partial charge in [-0.05, 0) is 152 Å². The van der Waals surface area contributed by atoms with E-state index in [0.717, 1.165) is 112 Å². The Morgan fingerprint density at radius 2 is 1.73 bits per heavy atom. The van der Waals surface area contributed by atoms with Crippen LogP contribution >= 0.6 is 0 Å². The van der Waals surface area contributed by atoms with Gasteiger partial charge in [-0.3, -0.25) is 14.6 Å². The summed E-state index contributed by atoms with van der Waals surface area (Å²) in [5, 5.41) is 13.8. The average molecular weight is 1020 g/mol. The van der Waals surface area contributed by atoms with E-state index in [0.29, 0.717) is 54.8 Å². The Balaban J connectivity index is 0.858. The number of sulfonamides is 1. The van der Waals surface area contributed by atoms with Crippen molar-refractivity contribution in [3.63, 3.8) is 0 Å². The average Bonchev–Trinajstić information content (AvgIpc) is 4.13. The predicted octanol–water partition coefficient (Wildman–Crippen LogP) is 10.8. The second kappa shape index (κ2) is 21.7. The molecule has 0 unspecified atom stereocenters. The fourth-order valence-electron chi connectivity index (χ4n) is 11.9. The van der Waals surface area contributed by atoms with Crippen LogP contribution in [0.2, 0.25) is 0 Å². The number of hydrogen-bond acceptors (Lipinski definition) is 11. The number of aryl methyl sites for hydroxylation is 1. The largest absolute Gasteiger partial charge is 0.496 e. The highest BCUT2D eigenvalue weighted by molar-refractivity contribution is 7.90. The molecule has 14 heteroatoms. The second-order valence-corrected chi connectivity index (χ2v) is 23.8. The molecule has 5 aliphatic rings. The summed E-state index contributed by atoms with van der Waals surface area (Å²) in [6, 6.07) is 25.5. The number of aliphatic hydroxyl groups is 1. The van der Waals surface area contributed by atoms with Crippen LogP contribution in [0, 0.1) is 5.92 Å². The van der Waals surface area contributed by atoms with Crippen LogP contribution < -0.4 is 24.4 Å². The summed E-state index contributed by atoms with van der Waals surface area (Å²) >= 11 is 0. The van der Waals surface area contributed by atoms with E-state index in [1.807, 2.05) is 44.3 Å². The summed E-state index contributed by atoms with van der Waals surface area (Å²) in [6.45, 7) is 18.8. The van der Waals surface area contributed by atoms with Gasteiger partial charge in [0.1, 0.15) is 28.0 Å². The number of hydrogen-bond donors (Lipinski definition) is 4. The lowest BCUT2D eigenvalue weighted by atomic mass is 9.80. The Morgan fingerprint density at radius 3 is 2.47 bits per heavy atom. The second-order valence-electron chi connectivity index (χ2n) is 22.1. The van der Waals surface area contributed by atoms with E-state index in [-0.39, 0.29) is 22.3 Å². The molecule has 4 N–H and O–H groups in total. The van der Waals surface area contributed by atoms with Gasteiger partial charge in [0.15, 0.2) is 0 Å². The number of aromatic amines is 1. The number of carbonyl (C=O) groups is 1. The van der Waals surface area contributed by atoms with Crippen molar-refractivity contribution < 1.29 is 27.8 Å². The molecular weight excluding hydrogens is 947 g/mol. The number of piperidine rings is 1. The van der Waals surface area contributed by atoms with Crippen molar-refractivity contribution in [3.8, 4) is 11.5 Å². The number of fused-ring (bicyclic) bond motifs is 1. The number of nitrogens with zero attached hydrogens (tertiary/aromatic N) is 4. The summed E-state index contributed by atoms with van der Waals surface area (Å²) in [5.74, 6) is 3.15. The third kappa shape index (κ3) is 11.5. The van der Waals surface area contributed by atoms with Gasteiger partial charge in [0.2, 0.25) is 0 Å². The first-order valence-electron chi connectivity index (χ1n) is 27.0. The molecule has 1 amide bonds. The zero-order valence-electron chi connectivity index (χ0n) is 44.0. The van der Waals surface area contributed by atoms with E-state index in [1.54, 1.807) is 19.2 Å². The number of ether oxygens (including phenoxy) is 2. The number of H-pyrrole nitrogens is 1. The summed E-state index contributed by atoms with van der Waals surface area (Å²) in [4.78, 5) is 29.7. The van der Waals surface area contributed by atoms with E-state index in [9.17, 15) is 18.3 Å². The van der Waals surface area contributed by atoms with Gasteiger partial charge in [-0.15, -0.1) is 0 Å². The van der Waals surface area contributed by atoms with Crippen LogP contribution in [0.5, 0.6) is 11.5 Å². The van der Waals surface area contributed by atoms with Crippen molar-refractivity contribution in [2.75, 3.05) is 56.6 Å². The van der Waals surface area contributed by atoms with Crippen LogP contribution in [-0.4, -0.2) is 97.2 Å². The number of aromatic nitrogens is 2. The normalized spacial score (nSPS) is 22.1. The molecule has 13 nitrogen and oxygen atoms in total. The smallest absolute Gasteiger partial charge is 0.268 e.